The van der Waals surface area contributed by atoms with Crippen molar-refractivity contribution in [3.8, 4) is 0 Å². The van der Waals surface area contributed by atoms with Crippen molar-refractivity contribution in [3.05, 3.63) is 65.7 Å². The highest BCUT2D eigenvalue weighted by atomic mass is 16.2. The third-order valence-corrected chi connectivity index (χ3v) is 6.37. The first-order valence-corrected chi connectivity index (χ1v) is 11.4. The number of anilines is 1. The van der Waals surface area contributed by atoms with Gasteiger partial charge in [0.15, 0.2) is 0 Å². The number of likely N-dealkylation sites (tertiary alicyclic amines) is 1. The van der Waals surface area contributed by atoms with E-state index in [-0.39, 0.29) is 17.9 Å². The summed E-state index contributed by atoms with van der Waals surface area (Å²) in [6, 6.07) is 17.3. The van der Waals surface area contributed by atoms with Gasteiger partial charge in [-0.1, -0.05) is 68.3 Å². The third-order valence-electron chi connectivity index (χ3n) is 6.37. The normalized spacial score (nSPS) is 16.4. The molecular formula is C26H35N3O2. The zero-order valence-corrected chi connectivity index (χ0v) is 18.9. The van der Waals surface area contributed by atoms with Gasteiger partial charge in [0.1, 0.15) is 6.04 Å². The zero-order chi connectivity index (χ0) is 22.2. The van der Waals surface area contributed by atoms with Crippen LogP contribution in [0.15, 0.2) is 54.6 Å². The number of nitrogens with zero attached hydrogens (tertiary/aromatic N) is 1. The predicted octanol–water partition coefficient (Wildman–Crippen LogP) is 5.01. The lowest BCUT2D eigenvalue weighted by Gasteiger charge is -2.36. The molecule has 0 aromatic heterocycles. The highest BCUT2D eigenvalue weighted by Crippen LogP contribution is 2.23. The van der Waals surface area contributed by atoms with Gasteiger partial charge in [0.2, 0.25) is 5.91 Å². The number of amides is 3. The second kappa shape index (κ2) is 11.0. The number of hydrogen-bond donors (Lipinski definition) is 2. The van der Waals surface area contributed by atoms with E-state index in [2.05, 4.69) is 41.8 Å². The van der Waals surface area contributed by atoms with Gasteiger partial charge >= 0.3 is 6.03 Å². The Bertz CT molecular complexity index is 843. The number of carbonyl (C=O) groups excluding carboxylic acids is 2. The summed E-state index contributed by atoms with van der Waals surface area (Å²) in [5.74, 6) is 0.705. The Morgan fingerprint density at radius 3 is 2.29 bits per heavy atom. The number of aryl methyl sites for hydroxylation is 1. The van der Waals surface area contributed by atoms with Crippen LogP contribution in [0.3, 0.4) is 0 Å². The van der Waals surface area contributed by atoms with Gasteiger partial charge in [-0.15, -0.1) is 0 Å². The summed E-state index contributed by atoms with van der Waals surface area (Å²) >= 11 is 0. The highest BCUT2D eigenvalue weighted by Gasteiger charge is 2.32. The van der Waals surface area contributed by atoms with E-state index in [1.807, 2.05) is 49.1 Å². The Balaban J connectivity index is 1.55. The monoisotopic (exact) mass is 421 g/mol. The van der Waals surface area contributed by atoms with E-state index in [9.17, 15) is 9.59 Å². The fourth-order valence-electron chi connectivity index (χ4n) is 4.13. The highest BCUT2D eigenvalue weighted by molar-refractivity contribution is 5.93. The van der Waals surface area contributed by atoms with Gasteiger partial charge in [-0.3, -0.25) is 4.79 Å². The molecule has 3 rings (SSSR count). The van der Waals surface area contributed by atoms with Crippen LogP contribution in [0.2, 0.25) is 0 Å². The summed E-state index contributed by atoms with van der Waals surface area (Å²) in [7, 11) is 0. The molecule has 0 saturated carbocycles. The van der Waals surface area contributed by atoms with Crippen LogP contribution in [0.5, 0.6) is 0 Å². The van der Waals surface area contributed by atoms with Gasteiger partial charge in [0.05, 0.1) is 0 Å². The molecule has 2 N–H and O–H groups in total. The number of rotatable bonds is 7. The Hall–Kier alpha value is -2.82. The topological polar surface area (TPSA) is 61.4 Å². The maximum Gasteiger partial charge on any atom is 0.319 e. The second-order valence-corrected chi connectivity index (χ2v) is 8.79. The summed E-state index contributed by atoms with van der Waals surface area (Å²) in [6.45, 7) is 7.59. The van der Waals surface area contributed by atoms with Gasteiger partial charge in [-0.05, 0) is 55.7 Å². The minimum absolute atomic E-state index is 0.0339. The average Bonchev–Trinajstić information content (AvgIpc) is 2.79. The zero-order valence-electron chi connectivity index (χ0n) is 18.9. The maximum atomic E-state index is 13.3. The summed E-state index contributed by atoms with van der Waals surface area (Å²) in [6.07, 6.45) is 3.90. The summed E-state index contributed by atoms with van der Waals surface area (Å²) in [4.78, 5) is 27.8. The van der Waals surface area contributed by atoms with Crippen molar-refractivity contribution in [1.29, 1.82) is 0 Å². The van der Waals surface area contributed by atoms with E-state index in [4.69, 9.17) is 0 Å². The number of piperidine rings is 1. The van der Waals surface area contributed by atoms with Crippen molar-refractivity contribution in [2.75, 3.05) is 18.4 Å². The predicted molar refractivity (Wildman–Crippen MR) is 126 cm³/mol. The van der Waals surface area contributed by atoms with E-state index < -0.39 is 6.04 Å². The van der Waals surface area contributed by atoms with Gasteiger partial charge in [-0.25, -0.2) is 4.79 Å². The maximum absolute atomic E-state index is 13.3. The molecule has 1 saturated heterocycles. The van der Waals surface area contributed by atoms with E-state index in [0.717, 1.165) is 50.0 Å². The van der Waals surface area contributed by atoms with E-state index in [1.165, 1.54) is 5.56 Å². The van der Waals surface area contributed by atoms with E-state index >= 15 is 0 Å². The summed E-state index contributed by atoms with van der Waals surface area (Å²) in [5.41, 5.74) is 3.22. The Kier molecular flexibility index (Phi) is 8.10. The fourth-order valence-corrected chi connectivity index (χ4v) is 4.13. The van der Waals surface area contributed by atoms with Crippen molar-refractivity contribution < 1.29 is 9.59 Å². The first kappa shape index (κ1) is 22.9. The van der Waals surface area contributed by atoms with Gasteiger partial charge < -0.3 is 15.5 Å². The van der Waals surface area contributed by atoms with Crippen LogP contribution in [-0.4, -0.2) is 36.0 Å². The molecule has 5 nitrogen and oxygen atoms in total. The van der Waals surface area contributed by atoms with Crippen LogP contribution >= 0.6 is 0 Å². The molecular weight excluding hydrogens is 386 g/mol. The number of hydrogen-bond acceptors (Lipinski definition) is 2. The van der Waals surface area contributed by atoms with Crippen molar-refractivity contribution in [1.82, 2.24) is 10.2 Å². The van der Waals surface area contributed by atoms with Crippen LogP contribution in [0, 0.1) is 18.8 Å². The third kappa shape index (κ3) is 6.58. The number of carbonyl (C=O) groups is 2. The number of nitrogens with one attached hydrogen (secondary N) is 2. The molecule has 2 unspecified atom stereocenters. The van der Waals surface area contributed by atoms with Crippen molar-refractivity contribution in [2.45, 2.75) is 52.5 Å². The van der Waals surface area contributed by atoms with Crippen LogP contribution < -0.4 is 10.6 Å². The molecule has 2 aromatic rings. The lowest BCUT2D eigenvalue weighted by atomic mass is 9.89. The summed E-state index contributed by atoms with van der Waals surface area (Å²) in [5, 5.41) is 5.79. The smallest absolute Gasteiger partial charge is 0.319 e. The number of urea groups is 1. The molecule has 2 atom stereocenters. The Morgan fingerprint density at radius 2 is 1.68 bits per heavy atom. The van der Waals surface area contributed by atoms with Crippen LogP contribution in [0.4, 0.5) is 10.5 Å². The van der Waals surface area contributed by atoms with Crippen molar-refractivity contribution >= 4 is 17.6 Å². The number of benzene rings is 2. The van der Waals surface area contributed by atoms with E-state index in [0.29, 0.717) is 5.92 Å². The minimum atomic E-state index is -0.513. The standard InChI is InChI=1S/C26H35N3O2/c1-4-20(3)24(28-26(31)27-23-12-10-19(2)11-13-23)25(30)29-16-14-22(15-17-29)18-21-8-6-5-7-9-21/h5-13,20,22,24H,4,14-18H2,1-3H3,(H2,27,28,31). The quantitative estimate of drug-likeness (QED) is 0.660. The first-order chi connectivity index (χ1) is 15.0. The molecule has 31 heavy (non-hydrogen) atoms. The summed E-state index contributed by atoms with van der Waals surface area (Å²) < 4.78 is 0. The second-order valence-electron chi connectivity index (χ2n) is 8.79. The lowest BCUT2D eigenvalue weighted by molar-refractivity contribution is -0.135. The molecule has 0 spiro atoms. The average molecular weight is 422 g/mol. The van der Waals surface area contributed by atoms with Gasteiger partial charge in [0, 0.05) is 18.8 Å². The van der Waals surface area contributed by atoms with E-state index in [1.54, 1.807) is 0 Å². The van der Waals surface area contributed by atoms with Gasteiger partial charge in [-0.2, -0.15) is 0 Å². The lowest BCUT2D eigenvalue weighted by Crippen LogP contribution is -2.54. The van der Waals surface area contributed by atoms with Crippen LogP contribution in [0.25, 0.3) is 0 Å². The van der Waals surface area contributed by atoms with Crippen LogP contribution in [0.1, 0.15) is 44.2 Å². The molecule has 166 valence electrons. The van der Waals surface area contributed by atoms with Crippen molar-refractivity contribution in [2.24, 2.45) is 11.8 Å². The largest absolute Gasteiger partial charge is 0.341 e. The Morgan fingerprint density at radius 1 is 1.03 bits per heavy atom. The van der Waals surface area contributed by atoms with Crippen LogP contribution in [-0.2, 0) is 11.2 Å². The van der Waals surface area contributed by atoms with Gasteiger partial charge in [0.25, 0.3) is 0 Å². The molecule has 1 aliphatic heterocycles. The molecule has 0 radical (unpaired) electrons. The van der Waals surface area contributed by atoms with Crippen molar-refractivity contribution in [3.63, 3.8) is 0 Å². The molecule has 3 amide bonds. The molecule has 0 bridgehead atoms. The molecule has 1 fully saturated rings. The molecule has 2 aromatic carbocycles. The fraction of sp³-hybridized carbons (Fsp3) is 0.462. The molecule has 1 aliphatic rings. The minimum Gasteiger partial charge on any atom is -0.341 e. The first-order valence-electron chi connectivity index (χ1n) is 11.4. The Labute approximate surface area is 186 Å². The molecule has 5 heteroatoms. The molecule has 1 heterocycles. The SMILES string of the molecule is CCC(C)C(NC(=O)Nc1ccc(C)cc1)C(=O)N1CCC(Cc2ccccc2)CC1. The molecule has 0 aliphatic carbocycles.